The summed E-state index contributed by atoms with van der Waals surface area (Å²) in [5, 5.41) is 8.15. The van der Waals surface area contributed by atoms with E-state index in [1.54, 1.807) is 10.9 Å². The SMILES string of the molecule is FC1(F)CCC(Cn2cc(-c3ccccn3)nn2)CC1. The Morgan fingerprint density at radius 3 is 2.70 bits per heavy atom. The Hall–Kier alpha value is -1.85. The Balaban J connectivity index is 1.64. The molecule has 1 fully saturated rings. The zero-order valence-corrected chi connectivity index (χ0v) is 11.0. The van der Waals surface area contributed by atoms with Crippen LogP contribution in [-0.4, -0.2) is 25.9 Å². The smallest absolute Gasteiger partial charge is 0.248 e. The van der Waals surface area contributed by atoms with Gasteiger partial charge in [-0.25, -0.2) is 8.78 Å². The van der Waals surface area contributed by atoms with E-state index < -0.39 is 5.92 Å². The van der Waals surface area contributed by atoms with E-state index in [0.29, 0.717) is 25.1 Å². The summed E-state index contributed by atoms with van der Waals surface area (Å²) in [5.41, 5.74) is 1.49. The first kappa shape index (κ1) is 13.1. The molecule has 6 heteroatoms. The van der Waals surface area contributed by atoms with E-state index in [-0.39, 0.29) is 18.8 Å². The van der Waals surface area contributed by atoms with Crippen LogP contribution in [-0.2, 0) is 6.54 Å². The molecule has 3 rings (SSSR count). The van der Waals surface area contributed by atoms with Gasteiger partial charge in [0.1, 0.15) is 5.69 Å². The second-order valence-electron chi connectivity index (χ2n) is 5.34. The van der Waals surface area contributed by atoms with Gasteiger partial charge < -0.3 is 0 Å². The molecule has 0 radical (unpaired) electrons. The van der Waals surface area contributed by atoms with E-state index >= 15 is 0 Å². The van der Waals surface area contributed by atoms with Crippen LogP contribution in [0.25, 0.3) is 11.4 Å². The summed E-state index contributed by atoms with van der Waals surface area (Å²) in [6.45, 7) is 0.649. The summed E-state index contributed by atoms with van der Waals surface area (Å²) in [6, 6.07) is 5.61. The van der Waals surface area contributed by atoms with E-state index in [4.69, 9.17) is 0 Å². The van der Waals surface area contributed by atoms with Crippen molar-refractivity contribution in [3.63, 3.8) is 0 Å². The molecule has 2 aromatic heterocycles. The molecule has 0 aliphatic heterocycles. The van der Waals surface area contributed by atoms with Crippen molar-refractivity contribution in [1.29, 1.82) is 0 Å². The number of aromatic nitrogens is 4. The number of rotatable bonds is 3. The van der Waals surface area contributed by atoms with Gasteiger partial charge in [-0.15, -0.1) is 5.10 Å². The van der Waals surface area contributed by atoms with Gasteiger partial charge >= 0.3 is 0 Å². The first-order valence-electron chi connectivity index (χ1n) is 6.82. The lowest BCUT2D eigenvalue weighted by molar-refractivity contribution is -0.0476. The molecule has 1 aliphatic rings. The zero-order chi connectivity index (χ0) is 14.0. The lowest BCUT2D eigenvalue weighted by atomic mass is 9.87. The molecule has 0 spiro atoms. The van der Waals surface area contributed by atoms with E-state index in [0.717, 1.165) is 5.69 Å². The molecule has 106 valence electrons. The van der Waals surface area contributed by atoms with Crippen molar-refractivity contribution >= 4 is 0 Å². The van der Waals surface area contributed by atoms with Crippen LogP contribution in [0.2, 0.25) is 0 Å². The molecule has 0 amide bonds. The quantitative estimate of drug-likeness (QED) is 0.866. The van der Waals surface area contributed by atoms with Crippen molar-refractivity contribution in [2.24, 2.45) is 5.92 Å². The average Bonchev–Trinajstić information content (AvgIpc) is 2.91. The summed E-state index contributed by atoms with van der Waals surface area (Å²) in [7, 11) is 0. The predicted octanol–water partition coefficient (Wildman–Crippen LogP) is 3.17. The minimum absolute atomic E-state index is 0.0144. The second kappa shape index (κ2) is 5.26. The highest BCUT2D eigenvalue weighted by Crippen LogP contribution is 2.36. The van der Waals surface area contributed by atoms with Crippen LogP contribution < -0.4 is 0 Å². The molecule has 20 heavy (non-hydrogen) atoms. The van der Waals surface area contributed by atoms with Crippen LogP contribution >= 0.6 is 0 Å². The van der Waals surface area contributed by atoms with Crippen molar-refractivity contribution in [3.05, 3.63) is 30.6 Å². The summed E-state index contributed by atoms with van der Waals surface area (Å²) in [6.07, 6.45) is 4.60. The van der Waals surface area contributed by atoms with E-state index in [1.165, 1.54) is 0 Å². The van der Waals surface area contributed by atoms with Gasteiger partial charge in [-0.3, -0.25) is 9.67 Å². The fraction of sp³-hybridized carbons (Fsp3) is 0.500. The maximum atomic E-state index is 13.1. The maximum absolute atomic E-state index is 13.1. The highest BCUT2D eigenvalue weighted by atomic mass is 19.3. The van der Waals surface area contributed by atoms with Gasteiger partial charge in [0, 0.05) is 25.6 Å². The molecule has 4 nitrogen and oxygen atoms in total. The topological polar surface area (TPSA) is 43.6 Å². The molecule has 0 saturated heterocycles. The third-order valence-corrected chi connectivity index (χ3v) is 3.75. The molecule has 0 aromatic carbocycles. The van der Waals surface area contributed by atoms with Crippen LogP contribution in [0.1, 0.15) is 25.7 Å². The number of hydrogen-bond acceptors (Lipinski definition) is 3. The minimum atomic E-state index is -2.47. The predicted molar refractivity (Wildman–Crippen MR) is 70.2 cm³/mol. The minimum Gasteiger partial charge on any atom is -0.254 e. The number of pyridine rings is 1. The Morgan fingerprint density at radius 2 is 2.00 bits per heavy atom. The van der Waals surface area contributed by atoms with Crippen molar-refractivity contribution in [3.8, 4) is 11.4 Å². The van der Waals surface area contributed by atoms with Gasteiger partial charge in [-0.05, 0) is 30.9 Å². The van der Waals surface area contributed by atoms with Crippen molar-refractivity contribution < 1.29 is 8.78 Å². The summed E-state index contributed by atoms with van der Waals surface area (Å²) >= 11 is 0. The highest BCUT2D eigenvalue weighted by Gasteiger charge is 2.34. The highest BCUT2D eigenvalue weighted by molar-refractivity contribution is 5.51. The monoisotopic (exact) mass is 278 g/mol. The Kier molecular flexibility index (Phi) is 3.46. The van der Waals surface area contributed by atoms with Crippen molar-refractivity contribution in [1.82, 2.24) is 20.0 Å². The lowest BCUT2D eigenvalue weighted by Crippen LogP contribution is -2.26. The van der Waals surface area contributed by atoms with E-state index in [1.807, 2.05) is 24.4 Å². The fourth-order valence-corrected chi connectivity index (χ4v) is 2.57. The first-order valence-corrected chi connectivity index (χ1v) is 6.82. The number of nitrogens with zero attached hydrogens (tertiary/aromatic N) is 4. The summed E-state index contributed by atoms with van der Waals surface area (Å²) in [4.78, 5) is 4.21. The fourth-order valence-electron chi connectivity index (χ4n) is 2.57. The second-order valence-corrected chi connectivity index (χ2v) is 5.34. The van der Waals surface area contributed by atoms with Crippen LogP contribution in [0.3, 0.4) is 0 Å². The van der Waals surface area contributed by atoms with Gasteiger partial charge in [0.15, 0.2) is 0 Å². The normalized spacial score (nSPS) is 19.1. The van der Waals surface area contributed by atoms with Crippen LogP contribution in [0.4, 0.5) is 8.78 Å². The summed E-state index contributed by atoms with van der Waals surface area (Å²) < 4.78 is 27.9. The zero-order valence-electron chi connectivity index (χ0n) is 11.0. The molecule has 0 N–H and O–H groups in total. The van der Waals surface area contributed by atoms with Gasteiger partial charge in [0.05, 0.1) is 11.9 Å². The van der Waals surface area contributed by atoms with Crippen LogP contribution in [0, 0.1) is 5.92 Å². The van der Waals surface area contributed by atoms with E-state index in [9.17, 15) is 8.78 Å². The molecule has 0 unspecified atom stereocenters. The lowest BCUT2D eigenvalue weighted by Gasteiger charge is -2.27. The molecular weight excluding hydrogens is 262 g/mol. The van der Waals surface area contributed by atoms with Gasteiger partial charge in [0.2, 0.25) is 5.92 Å². The molecule has 1 saturated carbocycles. The molecule has 2 aromatic rings. The average molecular weight is 278 g/mol. The largest absolute Gasteiger partial charge is 0.254 e. The standard InChI is InChI=1S/C14H16F2N4/c15-14(16)6-4-11(5-7-14)9-20-10-13(18-19-20)12-3-1-2-8-17-12/h1-3,8,10-11H,4-7,9H2. The molecule has 0 bridgehead atoms. The van der Waals surface area contributed by atoms with Crippen molar-refractivity contribution in [2.45, 2.75) is 38.2 Å². The number of hydrogen-bond donors (Lipinski definition) is 0. The van der Waals surface area contributed by atoms with Crippen LogP contribution in [0.15, 0.2) is 30.6 Å². The summed E-state index contributed by atoms with van der Waals surface area (Å²) in [5.74, 6) is -2.22. The molecular formula is C14H16F2N4. The molecule has 1 aliphatic carbocycles. The van der Waals surface area contributed by atoms with Crippen molar-refractivity contribution in [2.75, 3.05) is 0 Å². The first-order chi connectivity index (χ1) is 9.62. The van der Waals surface area contributed by atoms with Gasteiger partial charge in [0.25, 0.3) is 0 Å². The Labute approximate surface area is 115 Å². The Morgan fingerprint density at radius 1 is 1.20 bits per heavy atom. The van der Waals surface area contributed by atoms with Gasteiger partial charge in [-0.1, -0.05) is 11.3 Å². The third kappa shape index (κ3) is 3.00. The third-order valence-electron chi connectivity index (χ3n) is 3.75. The maximum Gasteiger partial charge on any atom is 0.248 e. The Bertz CT molecular complexity index is 558. The van der Waals surface area contributed by atoms with E-state index in [2.05, 4.69) is 15.3 Å². The molecule has 2 heterocycles. The number of halogens is 2. The van der Waals surface area contributed by atoms with Crippen LogP contribution in [0.5, 0.6) is 0 Å². The molecule has 0 atom stereocenters. The number of alkyl halides is 2. The van der Waals surface area contributed by atoms with Gasteiger partial charge in [-0.2, -0.15) is 0 Å².